The van der Waals surface area contributed by atoms with Crippen molar-refractivity contribution in [2.75, 3.05) is 19.6 Å². The van der Waals surface area contributed by atoms with Gasteiger partial charge in [0.05, 0.1) is 23.9 Å². The van der Waals surface area contributed by atoms with Crippen LogP contribution in [0.25, 0.3) is 11.0 Å². The molecule has 1 saturated heterocycles. The topological polar surface area (TPSA) is 93.2 Å². The Balaban J connectivity index is 1.51. The summed E-state index contributed by atoms with van der Waals surface area (Å²) in [5, 5.41) is 2.10. The van der Waals surface area contributed by atoms with Gasteiger partial charge in [-0.15, -0.1) is 0 Å². The molecule has 1 aromatic heterocycles. The number of carbonyl (C=O) groups is 2. The normalized spacial score (nSPS) is 16.5. The molecule has 23 heavy (non-hydrogen) atoms. The number of nitrogens with one attached hydrogen (secondary N) is 1. The van der Waals surface area contributed by atoms with Gasteiger partial charge in [0.15, 0.2) is 0 Å². The van der Waals surface area contributed by atoms with Crippen molar-refractivity contribution in [3.8, 4) is 0 Å². The van der Waals surface area contributed by atoms with Crippen molar-refractivity contribution < 1.29 is 9.59 Å². The largest absolute Gasteiger partial charge is 0.351 e. The van der Waals surface area contributed by atoms with Crippen LogP contribution in [0.2, 0.25) is 0 Å². The molecule has 3 N–H and O–H groups in total. The van der Waals surface area contributed by atoms with Gasteiger partial charge in [-0.2, -0.15) is 0 Å². The van der Waals surface area contributed by atoms with Crippen LogP contribution in [0, 0.1) is 5.92 Å². The molecule has 3 amide bonds. The number of hydrogen-bond donors (Lipinski definition) is 2. The minimum absolute atomic E-state index is 0.226. The standard InChI is InChI=1S/C16H21N5O2/c17-16(23)19-15(22)10-20-7-5-12(6-8-20)9-21-11-18-13-3-1-2-4-14(13)21/h1-4,11-12H,5-10H2,(H3,17,19,22,23). The molecular formula is C16H21N5O2. The third kappa shape index (κ3) is 3.87. The maximum absolute atomic E-state index is 11.5. The van der Waals surface area contributed by atoms with E-state index in [1.54, 1.807) is 0 Å². The summed E-state index contributed by atoms with van der Waals surface area (Å²) in [6.45, 7) is 2.87. The van der Waals surface area contributed by atoms with Gasteiger partial charge in [-0.25, -0.2) is 9.78 Å². The number of aromatic nitrogens is 2. The van der Waals surface area contributed by atoms with E-state index in [0.29, 0.717) is 5.92 Å². The second-order valence-corrected chi connectivity index (χ2v) is 6.02. The van der Waals surface area contributed by atoms with Crippen molar-refractivity contribution in [1.82, 2.24) is 19.8 Å². The summed E-state index contributed by atoms with van der Waals surface area (Å²) in [6.07, 6.45) is 3.95. The van der Waals surface area contributed by atoms with Crippen molar-refractivity contribution in [2.45, 2.75) is 19.4 Å². The van der Waals surface area contributed by atoms with Crippen LogP contribution in [0.15, 0.2) is 30.6 Å². The molecule has 7 heteroatoms. The molecular weight excluding hydrogens is 294 g/mol. The van der Waals surface area contributed by atoms with E-state index in [1.165, 1.54) is 0 Å². The summed E-state index contributed by atoms with van der Waals surface area (Å²) in [5.74, 6) is 0.236. The van der Waals surface area contributed by atoms with Crippen molar-refractivity contribution in [2.24, 2.45) is 11.7 Å². The van der Waals surface area contributed by atoms with Crippen LogP contribution in [-0.2, 0) is 11.3 Å². The van der Waals surface area contributed by atoms with Crippen LogP contribution >= 0.6 is 0 Å². The molecule has 7 nitrogen and oxygen atoms in total. The number of primary amides is 1. The van der Waals surface area contributed by atoms with Crippen molar-refractivity contribution in [3.63, 3.8) is 0 Å². The zero-order valence-electron chi connectivity index (χ0n) is 12.9. The molecule has 3 rings (SSSR count). The van der Waals surface area contributed by atoms with Gasteiger partial charge in [0.25, 0.3) is 0 Å². The predicted octanol–water partition coefficient (Wildman–Crippen LogP) is 0.943. The number of benzene rings is 1. The van der Waals surface area contributed by atoms with E-state index in [0.717, 1.165) is 43.5 Å². The molecule has 0 saturated carbocycles. The van der Waals surface area contributed by atoms with E-state index in [4.69, 9.17) is 5.73 Å². The number of fused-ring (bicyclic) bond motifs is 1. The number of hydrogen-bond acceptors (Lipinski definition) is 4. The first kappa shape index (κ1) is 15.5. The lowest BCUT2D eigenvalue weighted by Gasteiger charge is -2.31. The highest BCUT2D eigenvalue weighted by molar-refractivity contribution is 5.94. The number of carbonyl (C=O) groups excluding carboxylic acids is 2. The summed E-state index contributed by atoms with van der Waals surface area (Å²) in [6, 6.07) is 7.34. The van der Waals surface area contributed by atoms with E-state index in [1.807, 2.05) is 24.5 Å². The Bertz CT molecular complexity index is 703. The number of piperidine rings is 1. The molecule has 2 heterocycles. The fourth-order valence-electron chi connectivity index (χ4n) is 3.14. The Hall–Kier alpha value is -2.41. The van der Waals surface area contributed by atoms with Crippen LogP contribution in [0.3, 0.4) is 0 Å². The smallest absolute Gasteiger partial charge is 0.318 e. The molecule has 1 aliphatic heterocycles. The molecule has 1 fully saturated rings. The molecule has 1 aromatic carbocycles. The molecule has 0 spiro atoms. The van der Waals surface area contributed by atoms with E-state index >= 15 is 0 Å². The van der Waals surface area contributed by atoms with Gasteiger partial charge in [0, 0.05) is 6.54 Å². The minimum atomic E-state index is -0.795. The highest BCUT2D eigenvalue weighted by atomic mass is 16.2. The van der Waals surface area contributed by atoms with Crippen LogP contribution in [0.1, 0.15) is 12.8 Å². The molecule has 0 aliphatic carbocycles. The van der Waals surface area contributed by atoms with Crippen LogP contribution in [0.5, 0.6) is 0 Å². The van der Waals surface area contributed by atoms with Crippen LogP contribution < -0.4 is 11.1 Å². The van der Waals surface area contributed by atoms with Gasteiger partial charge in [0.1, 0.15) is 0 Å². The van der Waals surface area contributed by atoms with Gasteiger partial charge in [0.2, 0.25) is 5.91 Å². The van der Waals surface area contributed by atoms with Crippen molar-refractivity contribution in [1.29, 1.82) is 0 Å². The van der Waals surface area contributed by atoms with Gasteiger partial charge in [-0.3, -0.25) is 15.0 Å². The van der Waals surface area contributed by atoms with Gasteiger partial charge in [-0.1, -0.05) is 12.1 Å². The Morgan fingerprint density at radius 1 is 1.26 bits per heavy atom. The van der Waals surface area contributed by atoms with Gasteiger partial charge >= 0.3 is 6.03 Å². The molecule has 1 aliphatic rings. The van der Waals surface area contributed by atoms with Crippen LogP contribution in [-0.4, -0.2) is 46.0 Å². The van der Waals surface area contributed by atoms with Crippen molar-refractivity contribution >= 4 is 23.0 Å². The Morgan fingerprint density at radius 3 is 2.74 bits per heavy atom. The lowest BCUT2D eigenvalue weighted by molar-refractivity contribution is -0.121. The SMILES string of the molecule is NC(=O)NC(=O)CN1CCC(Cn2cnc3ccccc32)CC1. The number of urea groups is 1. The van der Waals surface area contributed by atoms with E-state index in [-0.39, 0.29) is 12.5 Å². The Morgan fingerprint density at radius 2 is 2.00 bits per heavy atom. The molecule has 0 atom stereocenters. The number of para-hydroxylation sites is 2. The third-order valence-corrected chi connectivity index (χ3v) is 4.32. The summed E-state index contributed by atoms with van der Waals surface area (Å²) in [5.41, 5.74) is 7.13. The zero-order valence-corrected chi connectivity index (χ0v) is 12.9. The van der Waals surface area contributed by atoms with Gasteiger partial charge in [-0.05, 0) is 44.0 Å². The fraction of sp³-hybridized carbons (Fsp3) is 0.438. The first-order valence-electron chi connectivity index (χ1n) is 7.83. The summed E-state index contributed by atoms with van der Waals surface area (Å²) >= 11 is 0. The number of imide groups is 1. The fourth-order valence-corrected chi connectivity index (χ4v) is 3.14. The highest BCUT2D eigenvalue weighted by Crippen LogP contribution is 2.21. The Kier molecular flexibility index (Phi) is 4.57. The maximum Gasteiger partial charge on any atom is 0.318 e. The monoisotopic (exact) mass is 315 g/mol. The number of rotatable bonds is 4. The quantitative estimate of drug-likeness (QED) is 0.878. The molecule has 0 radical (unpaired) electrons. The van der Waals surface area contributed by atoms with E-state index in [9.17, 15) is 9.59 Å². The third-order valence-electron chi connectivity index (χ3n) is 4.32. The summed E-state index contributed by atoms with van der Waals surface area (Å²) < 4.78 is 2.20. The van der Waals surface area contributed by atoms with E-state index in [2.05, 4.69) is 25.8 Å². The molecule has 2 aromatic rings. The second kappa shape index (κ2) is 6.78. The second-order valence-electron chi connectivity index (χ2n) is 6.02. The first-order valence-corrected chi connectivity index (χ1v) is 7.83. The Labute approximate surface area is 134 Å². The first-order chi connectivity index (χ1) is 11.1. The predicted molar refractivity (Wildman–Crippen MR) is 86.6 cm³/mol. The highest BCUT2D eigenvalue weighted by Gasteiger charge is 2.21. The zero-order chi connectivity index (χ0) is 16.2. The summed E-state index contributed by atoms with van der Waals surface area (Å²) in [4.78, 5) is 28.7. The summed E-state index contributed by atoms with van der Waals surface area (Å²) in [7, 11) is 0. The molecule has 0 bridgehead atoms. The average Bonchev–Trinajstić information content (AvgIpc) is 2.92. The van der Waals surface area contributed by atoms with E-state index < -0.39 is 6.03 Å². The lowest BCUT2D eigenvalue weighted by atomic mass is 9.96. The maximum atomic E-state index is 11.5. The molecule has 0 unspecified atom stereocenters. The number of imidazole rings is 1. The number of nitrogens with zero attached hydrogens (tertiary/aromatic N) is 3. The molecule has 122 valence electrons. The van der Waals surface area contributed by atoms with Crippen molar-refractivity contribution in [3.05, 3.63) is 30.6 Å². The number of nitrogens with two attached hydrogens (primary N) is 1. The van der Waals surface area contributed by atoms with Crippen LogP contribution in [0.4, 0.5) is 4.79 Å². The lowest BCUT2D eigenvalue weighted by Crippen LogP contribution is -2.45. The number of amides is 3. The number of likely N-dealkylation sites (tertiary alicyclic amines) is 1. The minimum Gasteiger partial charge on any atom is -0.351 e. The average molecular weight is 315 g/mol. The van der Waals surface area contributed by atoms with Gasteiger partial charge < -0.3 is 10.3 Å².